The van der Waals surface area contributed by atoms with Crippen molar-refractivity contribution in [2.75, 3.05) is 19.0 Å². The minimum absolute atomic E-state index is 0.263. The van der Waals surface area contributed by atoms with Crippen molar-refractivity contribution < 1.29 is 8.91 Å². The second-order valence-corrected chi connectivity index (χ2v) is 6.13. The number of hydrogen-bond donors (Lipinski definition) is 0. The summed E-state index contributed by atoms with van der Waals surface area (Å²) >= 11 is 0. The monoisotopic (exact) mass is 365 g/mol. The number of anilines is 1. The number of hydrogen-bond acceptors (Lipinski definition) is 7. The van der Waals surface area contributed by atoms with Gasteiger partial charge in [0.05, 0.1) is 11.4 Å². The minimum atomic E-state index is -0.312. The van der Waals surface area contributed by atoms with Gasteiger partial charge in [0.25, 0.3) is 5.89 Å². The zero-order chi connectivity index (χ0) is 19.0. The van der Waals surface area contributed by atoms with E-state index in [-0.39, 0.29) is 11.7 Å². The highest BCUT2D eigenvalue weighted by Crippen LogP contribution is 2.25. The normalized spacial score (nSPS) is 11.0. The molecule has 0 N–H and O–H groups in total. The highest BCUT2D eigenvalue weighted by atomic mass is 19.1. The van der Waals surface area contributed by atoms with E-state index in [1.807, 2.05) is 38.1 Å². The molecular formula is C18H16FN7O. The Balaban J connectivity index is 1.68. The first-order valence-electron chi connectivity index (χ1n) is 8.19. The molecule has 0 aliphatic rings. The van der Waals surface area contributed by atoms with Crippen molar-refractivity contribution in [3.63, 3.8) is 0 Å². The van der Waals surface area contributed by atoms with Gasteiger partial charge in [-0.1, -0.05) is 10.4 Å². The fourth-order valence-electron chi connectivity index (χ4n) is 2.59. The number of benzene rings is 1. The van der Waals surface area contributed by atoms with Crippen LogP contribution in [-0.4, -0.2) is 44.2 Å². The maximum absolute atomic E-state index is 13.1. The molecule has 3 heterocycles. The summed E-state index contributed by atoms with van der Waals surface area (Å²) in [5, 5.41) is 12.3. The van der Waals surface area contributed by atoms with Crippen molar-refractivity contribution in [1.29, 1.82) is 0 Å². The number of halogens is 1. The highest BCUT2D eigenvalue weighted by molar-refractivity contribution is 5.62. The Morgan fingerprint density at radius 1 is 1.11 bits per heavy atom. The van der Waals surface area contributed by atoms with Crippen LogP contribution in [0.25, 0.3) is 28.7 Å². The van der Waals surface area contributed by atoms with Gasteiger partial charge in [0.1, 0.15) is 11.6 Å². The lowest BCUT2D eigenvalue weighted by Crippen LogP contribution is -2.10. The Morgan fingerprint density at radius 3 is 2.63 bits per heavy atom. The second kappa shape index (κ2) is 6.60. The van der Waals surface area contributed by atoms with Gasteiger partial charge in [0.15, 0.2) is 5.69 Å². The molecule has 0 aliphatic carbocycles. The van der Waals surface area contributed by atoms with Gasteiger partial charge < -0.3 is 9.42 Å². The fourth-order valence-corrected chi connectivity index (χ4v) is 2.59. The first-order valence-corrected chi connectivity index (χ1v) is 8.19. The first kappa shape index (κ1) is 16.8. The third-order valence-corrected chi connectivity index (χ3v) is 4.06. The molecule has 0 amide bonds. The van der Waals surface area contributed by atoms with Crippen molar-refractivity contribution in [2.45, 2.75) is 6.92 Å². The van der Waals surface area contributed by atoms with Crippen LogP contribution in [0.3, 0.4) is 0 Å². The second-order valence-electron chi connectivity index (χ2n) is 6.13. The summed E-state index contributed by atoms with van der Waals surface area (Å²) in [7, 11) is 3.82. The Hall–Kier alpha value is -3.62. The molecule has 3 aromatic heterocycles. The summed E-state index contributed by atoms with van der Waals surface area (Å²) in [6.45, 7) is 1.83. The van der Waals surface area contributed by atoms with E-state index in [9.17, 15) is 4.39 Å². The lowest BCUT2D eigenvalue weighted by molar-refractivity contribution is 0.430. The van der Waals surface area contributed by atoms with E-state index in [0.717, 1.165) is 11.4 Å². The number of rotatable bonds is 4. The Labute approximate surface area is 154 Å². The predicted octanol–water partition coefficient (Wildman–Crippen LogP) is 2.89. The van der Waals surface area contributed by atoms with Crippen LogP contribution in [0.2, 0.25) is 0 Å². The molecular weight excluding hydrogens is 349 g/mol. The molecule has 1 aromatic carbocycles. The van der Waals surface area contributed by atoms with Crippen LogP contribution >= 0.6 is 0 Å². The summed E-state index contributed by atoms with van der Waals surface area (Å²) in [4.78, 5) is 10.6. The van der Waals surface area contributed by atoms with Gasteiger partial charge in [0, 0.05) is 25.9 Å². The predicted molar refractivity (Wildman–Crippen MR) is 96.9 cm³/mol. The molecule has 4 aromatic rings. The molecule has 4 rings (SSSR count). The Morgan fingerprint density at radius 2 is 1.89 bits per heavy atom. The third-order valence-electron chi connectivity index (χ3n) is 4.06. The van der Waals surface area contributed by atoms with Crippen molar-refractivity contribution in [2.24, 2.45) is 0 Å². The van der Waals surface area contributed by atoms with E-state index in [1.165, 1.54) is 12.1 Å². The molecule has 27 heavy (non-hydrogen) atoms. The number of aromatic nitrogens is 6. The molecule has 0 saturated carbocycles. The third kappa shape index (κ3) is 3.14. The van der Waals surface area contributed by atoms with E-state index in [2.05, 4.69) is 25.4 Å². The molecule has 8 nitrogen and oxygen atoms in total. The smallest absolute Gasteiger partial charge is 0.280 e. The van der Waals surface area contributed by atoms with Crippen LogP contribution in [0.1, 0.15) is 5.69 Å². The van der Waals surface area contributed by atoms with Crippen LogP contribution in [0.4, 0.5) is 10.2 Å². The van der Waals surface area contributed by atoms with Gasteiger partial charge in [0.2, 0.25) is 5.82 Å². The molecule has 9 heteroatoms. The van der Waals surface area contributed by atoms with Gasteiger partial charge in [-0.25, -0.2) is 14.1 Å². The van der Waals surface area contributed by atoms with E-state index in [4.69, 9.17) is 4.52 Å². The minimum Gasteiger partial charge on any atom is -0.363 e. The Kier molecular flexibility index (Phi) is 4.11. The van der Waals surface area contributed by atoms with Crippen molar-refractivity contribution in [3.05, 3.63) is 54.1 Å². The van der Waals surface area contributed by atoms with E-state index in [0.29, 0.717) is 22.9 Å². The van der Waals surface area contributed by atoms with Crippen molar-refractivity contribution in [1.82, 2.24) is 30.1 Å². The van der Waals surface area contributed by atoms with E-state index < -0.39 is 0 Å². The zero-order valence-electron chi connectivity index (χ0n) is 15.0. The molecule has 0 spiro atoms. The molecule has 0 atom stereocenters. The van der Waals surface area contributed by atoms with Crippen LogP contribution in [0.15, 0.2) is 47.1 Å². The van der Waals surface area contributed by atoms with Crippen LogP contribution in [0.5, 0.6) is 0 Å². The lowest BCUT2D eigenvalue weighted by Gasteiger charge is -2.10. The van der Waals surface area contributed by atoms with Gasteiger partial charge in [-0.05, 0) is 43.3 Å². The van der Waals surface area contributed by atoms with Gasteiger partial charge in [-0.3, -0.25) is 0 Å². The van der Waals surface area contributed by atoms with Crippen molar-refractivity contribution >= 4 is 5.82 Å². The quantitative estimate of drug-likeness (QED) is 0.550. The van der Waals surface area contributed by atoms with Gasteiger partial charge >= 0.3 is 0 Å². The van der Waals surface area contributed by atoms with E-state index >= 15 is 0 Å². The number of pyridine rings is 1. The molecule has 0 saturated heterocycles. The van der Waals surface area contributed by atoms with E-state index in [1.54, 1.807) is 23.0 Å². The average Bonchev–Trinajstić information content (AvgIpc) is 3.29. The SMILES string of the molecule is Cc1c(-c2nc(-c3ccnc(N(C)C)c3)no2)nnn1-c1ccc(F)cc1. The van der Waals surface area contributed by atoms with Gasteiger partial charge in [-0.15, -0.1) is 5.10 Å². The molecule has 0 radical (unpaired) electrons. The van der Waals surface area contributed by atoms with Crippen LogP contribution < -0.4 is 4.90 Å². The maximum atomic E-state index is 13.1. The highest BCUT2D eigenvalue weighted by Gasteiger charge is 2.19. The van der Waals surface area contributed by atoms with Gasteiger partial charge in [-0.2, -0.15) is 4.98 Å². The number of nitrogens with zero attached hydrogens (tertiary/aromatic N) is 7. The maximum Gasteiger partial charge on any atom is 0.280 e. The Bertz CT molecular complexity index is 1090. The summed E-state index contributed by atoms with van der Waals surface area (Å²) in [5.41, 5.74) is 2.66. The van der Waals surface area contributed by atoms with Crippen LogP contribution in [0, 0.1) is 12.7 Å². The standard InChI is InChI=1S/C18H16FN7O/c1-11-16(22-24-26(11)14-6-4-13(19)5-7-14)18-21-17(23-27-18)12-8-9-20-15(10-12)25(2)3/h4-10H,1-3H3. The van der Waals surface area contributed by atoms with Crippen LogP contribution in [-0.2, 0) is 0 Å². The molecule has 0 aliphatic heterocycles. The molecule has 0 fully saturated rings. The molecule has 0 unspecified atom stereocenters. The molecule has 0 bridgehead atoms. The largest absolute Gasteiger partial charge is 0.363 e. The summed E-state index contributed by atoms with van der Waals surface area (Å²) in [5.74, 6) is 1.18. The topological polar surface area (TPSA) is 85.8 Å². The lowest BCUT2D eigenvalue weighted by atomic mass is 10.2. The summed E-state index contributed by atoms with van der Waals surface area (Å²) in [6, 6.07) is 9.67. The summed E-state index contributed by atoms with van der Waals surface area (Å²) < 4.78 is 20.1. The van der Waals surface area contributed by atoms with Crippen molar-refractivity contribution in [3.8, 4) is 28.7 Å². The average molecular weight is 365 g/mol. The summed E-state index contributed by atoms with van der Waals surface area (Å²) in [6.07, 6.45) is 1.69. The fraction of sp³-hybridized carbons (Fsp3) is 0.167. The molecule has 136 valence electrons. The first-order chi connectivity index (χ1) is 13.0. The zero-order valence-corrected chi connectivity index (χ0v) is 15.0.